The highest BCUT2D eigenvalue weighted by molar-refractivity contribution is 9.18. The van der Waals surface area contributed by atoms with Crippen LogP contribution in [0.2, 0.25) is 0 Å². The molecule has 0 aromatic heterocycles. The molecule has 114 valence electrons. The van der Waals surface area contributed by atoms with Crippen LogP contribution in [0, 0.1) is 0 Å². The minimum atomic E-state index is -1.55. The summed E-state index contributed by atoms with van der Waals surface area (Å²) in [5.74, 6) is -2.37. The van der Waals surface area contributed by atoms with Gasteiger partial charge in [-0.25, -0.2) is 0 Å². The topological polar surface area (TPSA) is 116 Å². The van der Waals surface area contributed by atoms with E-state index in [2.05, 4.69) is 15.9 Å². The molecule has 0 aromatic rings. The molecule has 0 unspecified atom stereocenters. The van der Waals surface area contributed by atoms with E-state index < -0.39 is 47.5 Å². The highest BCUT2D eigenvalue weighted by Crippen LogP contribution is 2.16. The predicted molar refractivity (Wildman–Crippen MR) is 67.7 cm³/mol. The van der Waals surface area contributed by atoms with E-state index in [0.29, 0.717) is 0 Å². The maximum absolute atomic E-state index is 11.4. The van der Waals surface area contributed by atoms with Crippen molar-refractivity contribution in [2.45, 2.75) is 39.1 Å². The van der Waals surface area contributed by atoms with Gasteiger partial charge < -0.3 is 19.3 Å². The highest BCUT2D eigenvalue weighted by Gasteiger charge is 2.40. The first-order valence-electron chi connectivity index (χ1n) is 5.50. The van der Waals surface area contributed by atoms with Gasteiger partial charge in [-0.05, 0) is 15.9 Å². The zero-order valence-electron chi connectivity index (χ0n) is 11.1. The fourth-order valence-corrected chi connectivity index (χ4v) is 1.72. The largest absolute Gasteiger partial charge is 0.456 e. The SMILES string of the molecule is CC(=O)O[C@@H]([C@H](CO)OC(C)=O)[C@@H](OC(C)=O)C(=O)Br. The minimum absolute atomic E-state index is 0.727. The fourth-order valence-electron chi connectivity index (χ4n) is 1.37. The lowest BCUT2D eigenvalue weighted by atomic mass is 10.1. The first kappa shape index (κ1) is 18.5. The maximum Gasteiger partial charge on any atom is 0.303 e. The second-order valence-electron chi connectivity index (χ2n) is 3.74. The molecule has 9 heteroatoms. The summed E-state index contributed by atoms with van der Waals surface area (Å²) in [5, 5.41) is 9.19. The predicted octanol–water partition coefficient (Wildman–Crippen LogP) is -0.305. The molecule has 8 nitrogen and oxygen atoms in total. The highest BCUT2D eigenvalue weighted by atomic mass is 79.9. The number of rotatable bonds is 7. The van der Waals surface area contributed by atoms with E-state index in [0.717, 1.165) is 20.8 Å². The van der Waals surface area contributed by atoms with Crippen LogP contribution in [0.4, 0.5) is 0 Å². The van der Waals surface area contributed by atoms with Gasteiger partial charge in [-0.1, -0.05) is 0 Å². The van der Waals surface area contributed by atoms with Crippen molar-refractivity contribution in [3.05, 3.63) is 0 Å². The van der Waals surface area contributed by atoms with Gasteiger partial charge in [0.05, 0.1) is 6.61 Å². The van der Waals surface area contributed by atoms with Crippen LogP contribution in [-0.2, 0) is 33.4 Å². The molecule has 0 heterocycles. The van der Waals surface area contributed by atoms with Gasteiger partial charge in [0.2, 0.25) is 10.8 Å². The first-order valence-corrected chi connectivity index (χ1v) is 6.30. The number of hydrogen-bond acceptors (Lipinski definition) is 8. The third kappa shape index (κ3) is 6.62. The van der Waals surface area contributed by atoms with Crippen molar-refractivity contribution >= 4 is 38.5 Å². The lowest BCUT2D eigenvalue weighted by Gasteiger charge is -2.29. The number of esters is 3. The van der Waals surface area contributed by atoms with Gasteiger partial charge in [0, 0.05) is 20.8 Å². The van der Waals surface area contributed by atoms with E-state index in [1.807, 2.05) is 0 Å². The molecule has 0 bridgehead atoms. The third-order valence-corrected chi connectivity index (χ3v) is 2.43. The van der Waals surface area contributed by atoms with Gasteiger partial charge in [0.15, 0.2) is 12.2 Å². The molecular formula is C11H15BrO8. The fraction of sp³-hybridized carbons (Fsp3) is 0.636. The summed E-state index contributed by atoms with van der Waals surface area (Å²) in [6.45, 7) is 2.45. The number of carbonyl (C=O) groups is 4. The smallest absolute Gasteiger partial charge is 0.303 e. The summed E-state index contributed by atoms with van der Waals surface area (Å²) in [7, 11) is 0. The van der Waals surface area contributed by atoms with Crippen molar-refractivity contribution in [2.75, 3.05) is 6.61 Å². The average molecular weight is 355 g/mol. The third-order valence-electron chi connectivity index (χ3n) is 1.98. The van der Waals surface area contributed by atoms with Crippen molar-refractivity contribution in [1.82, 2.24) is 0 Å². The molecule has 0 aliphatic carbocycles. The summed E-state index contributed by atoms with van der Waals surface area (Å²) in [4.78, 5) is 44.4. The van der Waals surface area contributed by atoms with E-state index in [9.17, 15) is 24.3 Å². The molecule has 0 amide bonds. The Morgan fingerprint density at radius 1 is 0.950 bits per heavy atom. The van der Waals surface area contributed by atoms with Crippen molar-refractivity contribution in [2.24, 2.45) is 0 Å². The van der Waals surface area contributed by atoms with Crippen LogP contribution in [0.1, 0.15) is 20.8 Å². The van der Waals surface area contributed by atoms with E-state index in [4.69, 9.17) is 14.2 Å². The number of halogens is 1. The van der Waals surface area contributed by atoms with Gasteiger partial charge in [0.1, 0.15) is 0 Å². The molecule has 0 rings (SSSR count). The molecule has 0 aliphatic heterocycles. The number of ether oxygens (including phenoxy) is 3. The van der Waals surface area contributed by atoms with Gasteiger partial charge in [-0.15, -0.1) is 0 Å². The Balaban J connectivity index is 5.33. The number of aliphatic hydroxyl groups is 1. The monoisotopic (exact) mass is 354 g/mol. The Hall–Kier alpha value is -1.48. The summed E-state index contributed by atoms with van der Waals surface area (Å²) in [6, 6.07) is 0. The maximum atomic E-state index is 11.4. The molecule has 0 saturated heterocycles. The van der Waals surface area contributed by atoms with Crippen LogP contribution < -0.4 is 0 Å². The van der Waals surface area contributed by atoms with Gasteiger partial charge in [-0.2, -0.15) is 0 Å². The van der Waals surface area contributed by atoms with Crippen molar-refractivity contribution < 1.29 is 38.5 Å². The second kappa shape index (κ2) is 8.64. The summed E-state index contributed by atoms with van der Waals surface area (Å²) < 4.78 is 13.5. The molecule has 0 spiro atoms. The van der Waals surface area contributed by atoms with E-state index in [1.54, 1.807) is 0 Å². The number of hydrogen-bond donors (Lipinski definition) is 1. The van der Waals surface area contributed by atoms with Crippen LogP contribution in [0.25, 0.3) is 0 Å². The van der Waals surface area contributed by atoms with Crippen molar-refractivity contribution in [3.63, 3.8) is 0 Å². The Morgan fingerprint density at radius 2 is 1.40 bits per heavy atom. The normalized spacial score (nSPS) is 14.7. The van der Waals surface area contributed by atoms with Crippen molar-refractivity contribution in [1.29, 1.82) is 0 Å². The molecule has 0 radical (unpaired) electrons. The van der Waals surface area contributed by atoms with Gasteiger partial charge >= 0.3 is 17.9 Å². The quantitative estimate of drug-likeness (QED) is 0.376. The van der Waals surface area contributed by atoms with Crippen molar-refractivity contribution in [3.8, 4) is 0 Å². The lowest BCUT2D eigenvalue weighted by Crippen LogP contribution is -2.49. The van der Waals surface area contributed by atoms with Gasteiger partial charge in [-0.3, -0.25) is 19.2 Å². The molecule has 0 saturated carbocycles. The van der Waals surface area contributed by atoms with E-state index in [-0.39, 0.29) is 0 Å². The summed E-state index contributed by atoms with van der Waals surface area (Å²) in [6.07, 6.45) is -4.35. The molecule has 0 aromatic carbocycles. The summed E-state index contributed by atoms with van der Waals surface area (Å²) in [5.41, 5.74) is 0. The number of aliphatic hydroxyl groups excluding tert-OH is 1. The van der Waals surface area contributed by atoms with E-state index in [1.165, 1.54) is 0 Å². The van der Waals surface area contributed by atoms with Crippen LogP contribution in [0.3, 0.4) is 0 Å². The van der Waals surface area contributed by atoms with E-state index >= 15 is 0 Å². The molecule has 3 atom stereocenters. The molecule has 0 fully saturated rings. The first-order chi connectivity index (χ1) is 9.18. The molecule has 0 aliphatic rings. The lowest BCUT2D eigenvalue weighted by molar-refractivity contribution is -0.186. The minimum Gasteiger partial charge on any atom is -0.456 e. The van der Waals surface area contributed by atoms with Crippen LogP contribution in [0.15, 0.2) is 0 Å². The summed E-state index contributed by atoms with van der Waals surface area (Å²) >= 11 is 2.59. The Labute approximate surface area is 123 Å². The number of carbonyl (C=O) groups excluding carboxylic acids is 4. The molecule has 1 N–H and O–H groups in total. The average Bonchev–Trinajstić information content (AvgIpc) is 2.29. The zero-order chi connectivity index (χ0) is 15.9. The standard InChI is InChI=1S/C11H15BrO8/c1-5(14)18-8(4-13)9(19-6(2)15)10(11(12)17)20-7(3)16/h8-10,13H,4H2,1-3H3/t8-,9-,10+/m0/s1. The zero-order valence-corrected chi connectivity index (χ0v) is 12.7. The Kier molecular flexibility index (Phi) is 8.00. The van der Waals surface area contributed by atoms with Gasteiger partial charge in [0.25, 0.3) is 0 Å². The Morgan fingerprint density at radius 3 is 1.70 bits per heavy atom. The second-order valence-corrected chi connectivity index (χ2v) is 4.52. The molecule has 20 heavy (non-hydrogen) atoms. The molecular weight excluding hydrogens is 340 g/mol. The van der Waals surface area contributed by atoms with Crippen LogP contribution >= 0.6 is 15.9 Å². The van der Waals surface area contributed by atoms with Crippen LogP contribution in [-0.4, -0.2) is 52.6 Å². The Bertz CT molecular complexity index is 394. The van der Waals surface area contributed by atoms with Crippen LogP contribution in [0.5, 0.6) is 0 Å².